The van der Waals surface area contributed by atoms with Crippen LogP contribution < -0.4 is 4.74 Å². The normalized spacial score (nSPS) is 28.1. The van der Waals surface area contributed by atoms with Crippen LogP contribution in [0.4, 0.5) is 0 Å². The first-order chi connectivity index (χ1) is 13.7. The second kappa shape index (κ2) is 11.0. The zero-order valence-corrected chi connectivity index (χ0v) is 18.1. The Labute approximate surface area is 172 Å². The second-order valence-corrected chi connectivity index (χ2v) is 9.38. The zero-order valence-electron chi connectivity index (χ0n) is 18.1. The summed E-state index contributed by atoms with van der Waals surface area (Å²) in [4.78, 5) is 11.6. The van der Waals surface area contributed by atoms with Crippen LogP contribution in [-0.2, 0) is 11.2 Å². The maximum absolute atomic E-state index is 11.6. The van der Waals surface area contributed by atoms with Gasteiger partial charge in [0.05, 0.1) is 0 Å². The molecule has 0 radical (unpaired) electrons. The molecule has 0 aliphatic heterocycles. The van der Waals surface area contributed by atoms with Crippen molar-refractivity contribution in [3.05, 3.63) is 29.8 Å². The fourth-order valence-electron chi connectivity index (χ4n) is 5.50. The first-order valence-corrected chi connectivity index (χ1v) is 12.0. The number of hydrogen-bond acceptors (Lipinski definition) is 2. The van der Waals surface area contributed by atoms with Crippen LogP contribution >= 0.6 is 0 Å². The lowest BCUT2D eigenvalue weighted by Crippen LogP contribution is -2.25. The topological polar surface area (TPSA) is 26.3 Å². The van der Waals surface area contributed by atoms with E-state index >= 15 is 0 Å². The molecule has 2 saturated carbocycles. The molecule has 0 spiro atoms. The lowest BCUT2D eigenvalue weighted by Gasteiger charge is -2.37. The van der Waals surface area contributed by atoms with Gasteiger partial charge in [-0.15, -0.1) is 0 Å². The molecule has 2 aliphatic rings. The van der Waals surface area contributed by atoms with Crippen molar-refractivity contribution in [1.29, 1.82) is 0 Å². The molecule has 156 valence electrons. The van der Waals surface area contributed by atoms with E-state index < -0.39 is 0 Å². The highest BCUT2D eigenvalue weighted by Crippen LogP contribution is 2.42. The van der Waals surface area contributed by atoms with Gasteiger partial charge in [-0.3, -0.25) is 4.79 Å². The van der Waals surface area contributed by atoms with Crippen molar-refractivity contribution in [3.8, 4) is 5.75 Å². The summed E-state index contributed by atoms with van der Waals surface area (Å²) in [6.07, 6.45) is 17.0. The maximum atomic E-state index is 11.6. The molecule has 28 heavy (non-hydrogen) atoms. The lowest BCUT2D eigenvalue weighted by molar-refractivity contribution is -0.134. The highest BCUT2D eigenvalue weighted by molar-refractivity contribution is 5.72. The smallest absolute Gasteiger partial charge is 0.311 e. The Kier molecular flexibility index (Phi) is 8.43. The summed E-state index contributed by atoms with van der Waals surface area (Å²) in [5, 5.41) is 0. The number of carbonyl (C=O) groups excluding carboxylic acids is 1. The van der Waals surface area contributed by atoms with E-state index in [9.17, 15) is 4.79 Å². The third kappa shape index (κ3) is 6.36. The molecule has 1 aromatic rings. The molecule has 3 rings (SSSR count). The van der Waals surface area contributed by atoms with Gasteiger partial charge in [-0.05, 0) is 86.3 Å². The molecule has 2 nitrogen and oxygen atoms in total. The van der Waals surface area contributed by atoms with Gasteiger partial charge in [0.1, 0.15) is 5.75 Å². The maximum Gasteiger partial charge on any atom is 0.311 e. The van der Waals surface area contributed by atoms with Crippen LogP contribution in [0.1, 0.15) is 96.5 Å². The highest BCUT2D eigenvalue weighted by Gasteiger charge is 2.30. The predicted octanol–water partition coefficient (Wildman–Crippen LogP) is 7.35. The SMILES string of the molecule is CCCC(=O)Oc1ccc(CCC2CCC(C3CCC(CC)CC3)CC2)cc1. The summed E-state index contributed by atoms with van der Waals surface area (Å²) in [6.45, 7) is 4.36. The van der Waals surface area contributed by atoms with Crippen molar-refractivity contribution >= 4 is 5.97 Å². The van der Waals surface area contributed by atoms with Gasteiger partial charge in [0.25, 0.3) is 0 Å². The molecule has 2 fully saturated rings. The van der Waals surface area contributed by atoms with Gasteiger partial charge in [-0.1, -0.05) is 58.1 Å². The van der Waals surface area contributed by atoms with Crippen molar-refractivity contribution in [3.63, 3.8) is 0 Å². The summed E-state index contributed by atoms with van der Waals surface area (Å²) in [7, 11) is 0. The van der Waals surface area contributed by atoms with Crippen molar-refractivity contribution < 1.29 is 9.53 Å². The summed E-state index contributed by atoms with van der Waals surface area (Å²) >= 11 is 0. The number of aryl methyl sites for hydroxylation is 1. The van der Waals surface area contributed by atoms with Gasteiger partial charge >= 0.3 is 5.97 Å². The van der Waals surface area contributed by atoms with Gasteiger partial charge in [-0.2, -0.15) is 0 Å². The van der Waals surface area contributed by atoms with E-state index in [-0.39, 0.29) is 5.97 Å². The number of ether oxygens (including phenoxy) is 1. The largest absolute Gasteiger partial charge is 0.427 e. The van der Waals surface area contributed by atoms with Crippen LogP contribution in [0.25, 0.3) is 0 Å². The zero-order chi connectivity index (χ0) is 19.8. The lowest BCUT2D eigenvalue weighted by atomic mass is 9.68. The Hall–Kier alpha value is -1.31. The summed E-state index contributed by atoms with van der Waals surface area (Å²) in [6, 6.07) is 8.16. The van der Waals surface area contributed by atoms with Crippen LogP contribution in [0.2, 0.25) is 0 Å². The summed E-state index contributed by atoms with van der Waals surface area (Å²) in [5.74, 6) is 4.54. The number of carbonyl (C=O) groups is 1. The van der Waals surface area contributed by atoms with Gasteiger partial charge in [-0.25, -0.2) is 0 Å². The van der Waals surface area contributed by atoms with E-state index in [1.54, 1.807) is 0 Å². The predicted molar refractivity (Wildman–Crippen MR) is 116 cm³/mol. The van der Waals surface area contributed by atoms with Crippen LogP contribution in [0.5, 0.6) is 5.75 Å². The molecule has 0 N–H and O–H groups in total. The minimum Gasteiger partial charge on any atom is -0.427 e. The Morgan fingerprint density at radius 1 is 0.857 bits per heavy atom. The highest BCUT2D eigenvalue weighted by atomic mass is 16.5. The molecule has 2 heteroatoms. The first-order valence-electron chi connectivity index (χ1n) is 12.0. The number of esters is 1. The van der Waals surface area contributed by atoms with E-state index in [4.69, 9.17) is 4.74 Å². The van der Waals surface area contributed by atoms with Crippen molar-refractivity contribution in [2.45, 2.75) is 97.3 Å². The Bertz CT molecular complexity index is 575. The molecule has 2 aliphatic carbocycles. The van der Waals surface area contributed by atoms with Crippen LogP contribution in [0.15, 0.2) is 24.3 Å². The minimum atomic E-state index is -0.129. The molecule has 0 saturated heterocycles. The fourth-order valence-corrected chi connectivity index (χ4v) is 5.50. The third-order valence-electron chi connectivity index (χ3n) is 7.48. The monoisotopic (exact) mass is 384 g/mol. The second-order valence-electron chi connectivity index (χ2n) is 9.38. The van der Waals surface area contributed by atoms with Crippen molar-refractivity contribution in [2.24, 2.45) is 23.7 Å². The molecular weight excluding hydrogens is 344 g/mol. The average molecular weight is 385 g/mol. The molecule has 0 aromatic heterocycles. The average Bonchev–Trinajstić information content (AvgIpc) is 2.74. The molecule has 0 amide bonds. The van der Waals surface area contributed by atoms with Crippen molar-refractivity contribution in [2.75, 3.05) is 0 Å². The number of benzene rings is 1. The Morgan fingerprint density at radius 2 is 1.43 bits per heavy atom. The molecule has 0 unspecified atom stereocenters. The van der Waals surface area contributed by atoms with E-state index in [0.717, 1.165) is 36.5 Å². The van der Waals surface area contributed by atoms with Crippen molar-refractivity contribution in [1.82, 2.24) is 0 Å². The quantitative estimate of drug-likeness (QED) is 0.346. The third-order valence-corrected chi connectivity index (χ3v) is 7.48. The summed E-state index contributed by atoms with van der Waals surface area (Å²) < 4.78 is 5.35. The standard InChI is InChI=1S/C26H40O2/c1-3-5-26(27)28-25-18-12-22(13-19-25)7-6-21-10-16-24(17-11-21)23-14-8-20(4-2)9-15-23/h12-13,18-21,23-24H,3-11,14-17H2,1-2H3. The van der Waals surface area contributed by atoms with Gasteiger partial charge in [0.15, 0.2) is 0 Å². The van der Waals surface area contributed by atoms with Crippen LogP contribution in [-0.4, -0.2) is 5.97 Å². The molecular formula is C26H40O2. The number of rotatable bonds is 8. The van der Waals surface area contributed by atoms with E-state index in [1.165, 1.54) is 69.8 Å². The molecule has 0 bridgehead atoms. The number of hydrogen-bond donors (Lipinski definition) is 0. The van der Waals surface area contributed by atoms with E-state index in [2.05, 4.69) is 19.1 Å². The summed E-state index contributed by atoms with van der Waals surface area (Å²) in [5.41, 5.74) is 1.37. The minimum absolute atomic E-state index is 0.129. The molecule has 0 heterocycles. The fraction of sp³-hybridized carbons (Fsp3) is 0.731. The Morgan fingerprint density at radius 3 is 1.96 bits per heavy atom. The first kappa shape index (κ1) is 21.4. The van der Waals surface area contributed by atoms with Crippen LogP contribution in [0, 0.1) is 23.7 Å². The van der Waals surface area contributed by atoms with Crippen LogP contribution in [0.3, 0.4) is 0 Å². The molecule has 1 aromatic carbocycles. The van der Waals surface area contributed by atoms with Gasteiger partial charge in [0.2, 0.25) is 0 Å². The van der Waals surface area contributed by atoms with E-state index in [1.807, 2.05) is 19.1 Å². The van der Waals surface area contributed by atoms with E-state index in [0.29, 0.717) is 12.2 Å². The van der Waals surface area contributed by atoms with Gasteiger partial charge < -0.3 is 4.74 Å². The Balaban J connectivity index is 1.35. The molecule has 0 atom stereocenters. The van der Waals surface area contributed by atoms with Gasteiger partial charge in [0, 0.05) is 6.42 Å².